The van der Waals surface area contributed by atoms with Crippen molar-refractivity contribution in [2.45, 2.75) is 53.4 Å². The lowest BCUT2D eigenvalue weighted by atomic mass is 10.00. The largest absolute Gasteiger partial charge is 0.0991 e. The summed E-state index contributed by atoms with van der Waals surface area (Å²) >= 11 is 0. The first-order chi connectivity index (χ1) is 7.61. The van der Waals surface area contributed by atoms with Gasteiger partial charge in [0.1, 0.15) is 0 Å². The van der Waals surface area contributed by atoms with Gasteiger partial charge in [-0.15, -0.1) is 0 Å². The highest BCUT2D eigenvalue weighted by Crippen LogP contribution is 2.17. The van der Waals surface area contributed by atoms with Crippen LogP contribution in [0.15, 0.2) is 47.6 Å². The van der Waals surface area contributed by atoms with Crippen molar-refractivity contribution < 1.29 is 0 Å². The lowest BCUT2D eigenvalue weighted by Crippen LogP contribution is -1.87. The van der Waals surface area contributed by atoms with E-state index in [4.69, 9.17) is 0 Å². The molecule has 0 heterocycles. The molecule has 0 amide bonds. The zero-order valence-corrected chi connectivity index (χ0v) is 11.3. The average molecular weight is 218 g/mol. The minimum absolute atomic E-state index is 1.15. The lowest BCUT2D eigenvalue weighted by molar-refractivity contribution is 0.870. The lowest BCUT2D eigenvalue weighted by Gasteiger charge is -2.07. The zero-order valence-electron chi connectivity index (χ0n) is 11.3. The van der Waals surface area contributed by atoms with Crippen LogP contribution in [0.2, 0.25) is 0 Å². The molecule has 0 aromatic carbocycles. The number of rotatable bonds is 7. The summed E-state index contributed by atoms with van der Waals surface area (Å²) in [6.45, 7) is 12.5. The fourth-order valence-corrected chi connectivity index (χ4v) is 1.56. The third-order valence-corrected chi connectivity index (χ3v) is 2.95. The number of hydrogen-bond acceptors (Lipinski definition) is 0. The standard InChI is InChI=1S/C16H26/c1-6-8-9-11-15(4)16(5)13-12-14(3)10-7-2/h6-8,10H,2,9,11-13H2,1,3-5H3. The maximum absolute atomic E-state index is 3.72. The molecule has 90 valence electrons. The molecule has 0 aliphatic carbocycles. The van der Waals surface area contributed by atoms with Crippen molar-refractivity contribution in [3.8, 4) is 0 Å². The molecule has 0 atom stereocenters. The first-order valence-electron chi connectivity index (χ1n) is 6.16. The molecule has 0 saturated carbocycles. The van der Waals surface area contributed by atoms with Crippen molar-refractivity contribution in [3.63, 3.8) is 0 Å². The third kappa shape index (κ3) is 7.28. The Labute approximate surface area is 101 Å². The molecule has 0 spiro atoms. The van der Waals surface area contributed by atoms with Gasteiger partial charge in [0.05, 0.1) is 0 Å². The molecule has 0 saturated heterocycles. The third-order valence-electron chi connectivity index (χ3n) is 2.95. The summed E-state index contributed by atoms with van der Waals surface area (Å²) in [5, 5.41) is 0. The zero-order chi connectivity index (χ0) is 12.4. The molecule has 0 N–H and O–H groups in total. The Morgan fingerprint density at radius 2 is 1.62 bits per heavy atom. The van der Waals surface area contributed by atoms with Crippen LogP contribution in [0.4, 0.5) is 0 Å². The highest BCUT2D eigenvalue weighted by molar-refractivity contribution is 5.14. The predicted molar refractivity (Wildman–Crippen MR) is 75.6 cm³/mol. The molecule has 0 heteroatoms. The van der Waals surface area contributed by atoms with Crippen molar-refractivity contribution in [2.75, 3.05) is 0 Å². The van der Waals surface area contributed by atoms with Crippen LogP contribution in [-0.4, -0.2) is 0 Å². The maximum Gasteiger partial charge on any atom is -0.0283 e. The van der Waals surface area contributed by atoms with E-state index in [9.17, 15) is 0 Å². The van der Waals surface area contributed by atoms with Crippen molar-refractivity contribution >= 4 is 0 Å². The van der Waals surface area contributed by atoms with Gasteiger partial charge in [0.15, 0.2) is 0 Å². The minimum Gasteiger partial charge on any atom is -0.0991 e. The fourth-order valence-electron chi connectivity index (χ4n) is 1.56. The fraction of sp³-hybridized carbons (Fsp3) is 0.500. The van der Waals surface area contributed by atoms with Gasteiger partial charge in [0.25, 0.3) is 0 Å². The quantitative estimate of drug-likeness (QED) is 0.386. The van der Waals surface area contributed by atoms with Crippen LogP contribution in [0.25, 0.3) is 0 Å². The van der Waals surface area contributed by atoms with Gasteiger partial charge in [-0.05, 0) is 53.4 Å². The van der Waals surface area contributed by atoms with Crippen LogP contribution >= 0.6 is 0 Å². The van der Waals surface area contributed by atoms with E-state index in [2.05, 4.69) is 52.5 Å². The first kappa shape index (κ1) is 15.0. The number of allylic oxidation sites excluding steroid dienone is 7. The summed E-state index contributed by atoms with van der Waals surface area (Å²) in [5.41, 5.74) is 4.50. The summed E-state index contributed by atoms with van der Waals surface area (Å²) in [4.78, 5) is 0. The van der Waals surface area contributed by atoms with Crippen LogP contribution in [0, 0.1) is 0 Å². The van der Waals surface area contributed by atoms with E-state index in [1.807, 2.05) is 6.08 Å². The first-order valence-corrected chi connectivity index (χ1v) is 6.16. The normalized spacial score (nSPS) is 14.1. The Morgan fingerprint density at radius 3 is 2.19 bits per heavy atom. The van der Waals surface area contributed by atoms with Gasteiger partial charge < -0.3 is 0 Å². The average Bonchev–Trinajstić information content (AvgIpc) is 2.26. The topological polar surface area (TPSA) is 0 Å². The van der Waals surface area contributed by atoms with E-state index in [-0.39, 0.29) is 0 Å². The maximum atomic E-state index is 3.72. The van der Waals surface area contributed by atoms with Gasteiger partial charge in [-0.3, -0.25) is 0 Å². The predicted octanol–water partition coefficient (Wildman–Crippen LogP) is 5.59. The SMILES string of the molecule is C=CC=C(C)CCC(C)=C(C)CCC=CC. The Balaban J connectivity index is 4.10. The van der Waals surface area contributed by atoms with E-state index in [1.54, 1.807) is 11.1 Å². The van der Waals surface area contributed by atoms with Crippen molar-refractivity contribution in [2.24, 2.45) is 0 Å². The van der Waals surface area contributed by atoms with Crippen LogP contribution < -0.4 is 0 Å². The van der Waals surface area contributed by atoms with Gasteiger partial charge in [-0.1, -0.05) is 47.6 Å². The van der Waals surface area contributed by atoms with Crippen molar-refractivity contribution in [1.29, 1.82) is 0 Å². The summed E-state index contributed by atoms with van der Waals surface area (Å²) < 4.78 is 0. The van der Waals surface area contributed by atoms with Crippen molar-refractivity contribution in [3.05, 3.63) is 47.6 Å². The Bertz CT molecular complexity index is 287. The van der Waals surface area contributed by atoms with Crippen LogP contribution in [0.3, 0.4) is 0 Å². The second kappa shape index (κ2) is 9.21. The second-order valence-electron chi connectivity index (χ2n) is 4.42. The van der Waals surface area contributed by atoms with Gasteiger partial charge in [0, 0.05) is 0 Å². The molecule has 0 unspecified atom stereocenters. The molecule has 16 heavy (non-hydrogen) atoms. The highest BCUT2D eigenvalue weighted by atomic mass is 14.0. The smallest absolute Gasteiger partial charge is 0.0283 e. The van der Waals surface area contributed by atoms with Gasteiger partial charge in [-0.2, -0.15) is 0 Å². The van der Waals surface area contributed by atoms with Gasteiger partial charge in [0.2, 0.25) is 0 Å². The molecular formula is C16H26. The Kier molecular flexibility index (Phi) is 8.61. The monoisotopic (exact) mass is 218 g/mol. The molecule has 0 aromatic heterocycles. The molecule has 0 aliphatic rings. The summed E-state index contributed by atoms with van der Waals surface area (Å²) in [6.07, 6.45) is 13.0. The van der Waals surface area contributed by atoms with Gasteiger partial charge in [-0.25, -0.2) is 0 Å². The van der Waals surface area contributed by atoms with E-state index in [0.717, 1.165) is 6.42 Å². The van der Waals surface area contributed by atoms with E-state index in [1.165, 1.54) is 24.8 Å². The second-order valence-corrected chi connectivity index (χ2v) is 4.42. The Hall–Kier alpha value is -1.04. The van der Waals surface area contributed by atoms with Crippen LogP contribution in [-0.2, 0) is 0 Å². The molecule has 0 bridgehead atoms. The minimum atomic E-state index is 1.15. The molecule has 0 radical (unpaired) electrons. The molecule has 0 rings (SSSR count). The summed E-state index contributed by atoms with van der Waals surface area (Å²) in [7, 11) is 0. The molecule has 0 fully saturated rings. The highest BCUT2D eigenvalue weighted by Gasteiger charge is 1.97. The molecular weight excluding hydrogens is 192 g/mol. The van der Waals surface area contributed by atoms with Gasteiger partial charge >= 0.3 is 0 Å². The van der Waals surface area contributed by atoms with E-state index >= 15 is 0 Å². The summed E-state index contributed by atoms with van der Waals surface area (Å²) in [6, 6.07) is 0. The number of hydrogen-bond donors (Lipinski definition) is 0. The van der Waals surface area contributed by atoms with E-state index < -0.39 is 0 Å². The van der Waals surface area contributed by atoms with E-state index in [0.29, 0.717) is 0 Å². The van der Waals surface area contributed by atoms with Crippen LogP contribution in [0.1, 0.15) is 53.4 Å². The molecule has 0 nitrogen and oxygen atoms in total. The Morgan fingerprint density at radius 1 is 1.00 bits per heavy atom. The van der Waals surface area contributed by atoms with Crippen LogP contribution in [0.5, 0.6) is 0 Å². The molecule has 0 aromatic rings. The molecule has 0 aliphatic heterocycles. The summed E-state index contributed by atoms with van der Waals surface area (Å²) in [5.74, 6) is 0. The van der Waals surface area contributed by atoms with Crippen molar-refractivity contribution in [1.82, 2.24) is 0 Å².